The number of nitrogens with one attached hydrogen (secondary N) is 1. The Balaban J connectivity index is 2.32. The highest BCUT2D eigenvalue weighted by Gasteiger charge is 2.24. The van der Waals surface area contributed by atoms with E-state index in [2.05, 4.69) is 30.6 Å². The standard InChI is InChI=1S/C9H13NS/c1-9(2)5-8-7(6-10-9)3-4-11-8/h3-4,10H,5-6H2,1-2H3. The second-order valence-corrected chi connectivity index (χ2v) is 4.78. The van der Waals surface area contributed by atoms with Gasteiger partial charge >= 0.3 is 0 Å². The summed E-state index contributed by atoms with van der Waals surface area (Å²) < 4.78 is 0. The topological polar surface area (TPSA) is 12.0 Å². The minimum Gasteiger partial charge on any atom is -0.307 e. The molecule has 1 aromatic heterocycles. The van der Waals surface area contributed by atoms with Crippen molar-refractivity contribution in [2.45, 2.75) is 32.4 Å². The zero-order valence-electron chi connectivity index (χ0n) is 6.98. The molecule has 11 heavy (non-hydrogen) atoms. The van der Waals surface area contributed by atoms with E-state index in [0.717, 1.165) is 6.54 Å². The molecule has 1 aliphatic heterocycles. The van der Waals surface area contributed by atoms with E-state index in [-0.39, 0.29) is 0 Å². The predicted octanol–water partition coefficient (Wildman–Crippen LogP) is 2.17. The summed E-state index contributed by atoms with van der Waals surface area (Å²) in [7, 11) is 0. The monoisotopic (exact) mass is 167 g/mol. The first-order valence-corrected chi connectivity index (χ1v) is 4.86. The van der Waals surface area contributed by atoms with Crippen molar-refractivity contribution in [1.82, 2.24) is 5.32 Å². The van der Waals surface area contributed by atoms with Crippen molar-refractivity contribution in [1.29, 1.82) is 0 Å². The van der Waals surface area contributed by atoms with Crippen LogP contribution in [0.25, 0.3) is 0 Å². The van der Waals surface area contributed by atoms with Gasteiger partial charge in [0.05, 0.1) is 0 Å². The molecular weight excluding hydrogens is 154 g/mol. The minimum absolute atomic E-state index is 0.303. The van der Waals surface area contributed by atoms with Gasteiger partial charge in [-0.1, -0.05) is 0 Å². The lowest BCUT2D eigenvalue weighted by Crippen LogP contribution is -2.43. The van der Waals surface area contributed by atoms with Gasteiger partial charge in [-0.25, -0.2) is 0 Å². The zero-order valence-corrected chi connectivity index (χ0v) is 7.79. The molecule has 0 spiro atoms. The molecule has 1 aromatic rings. The van der Waals surface area contributed by atoms with Gasteiger partial charge in [0, 0.05) is 17.0 Å². The van der Waals surface area contributed by atoms with Crippen molar-refractivity contribution in [3.05, 3.63) is 21.9 Å². The molecule has 1 aliphatic rings. The van der Waals surface area contributed by atoms with Crippen LogP contribution in [0.3, 0.4) is 0 Å². The molecule has 2 rings (SSSR count). The Morgan fingerprint density at radius 2 is 2.36 bits per heavy atom. The maximum atomic E-state index is 3.51. The van der Waals surface area contributed by atoms with Crippen LogP contribution in [0.15, 0.2) is 11.4 Å². The normalized spacial score (nSPS) is 21.3. The van der Waals surface area contributed by atoms with E-state index in [0.29, 0.717) is 5.54 Å². The van der Waals surface area contributed by atoms with Crippen LogP contribution in [0.4, 0.5) is 0 Å². The smallest absolute Gasteiger partial charge is 0.0221 e. The van der Waals surface area contributed by atoms with E-state index in [1.807, 2.05) is 11.3 Å². The summed E-state index contributed by atoms with van der Waals surface area (Å²) in [5.41, 5.74) is 1.80. The van der Waals surface area contributed by atoms with Gasteiger partial charge < -0.3 is 5.32 Å². The Labute approximate surface area is 71.4 Å². The largest absolute Gasteiger partial charge is 0.307 e. The number of hydrogen-bond donors (Lipinski definition) is 1. The van der Waals surface area contributed by atoms with Crippen molar-refractivity contribution in [2.24, 2.45) is 0 Å². The van der Waals surface area contributed by atoms with Crippen LogP contribution in [0.1, 0.15) is 24.3 Å². The number of fused-ring (bicyclic) bond motifs is 1. The minimum atomic E-state index is 0.303. The van der Waals surface area contributed by atoms with Gasteiger partial charge in [0.1, 0.15) is 0 Å². The summed E-state index contributed by atoms with van der Waals surface area (Å²) in [4.78, 5) is 1.56. The van der Waals surface area contributed by atoms with Gasteiger partial charge in [-0.15, -0.1) is 11.3 Å². The first kappa shape index (κ1) is 7.32. The van der Waals surface area contributed by atoms with Crippen LogP contribution < -0.4 is 5.32 Å². The van der Waals surface area contributed by atoms with Gasteiger partial charge in [0.15, 0.2) is 0 Å². The molecule has 60 valence electrons. The molecule has 0 aliphatic carbocycles. The maximum Gasteiger partial charge on any atom is 0.0221 e. The van der Waals surface area contributed by atoms with Crippen LogP contribution >= 0.6 is 11.3 Å². The van der Waals surface area contributed by atoms with E-state index in [9.17, 15) is 0 Å². The van der Waals surface area contributed by atoms with Crippen LogP contribution in [-0.2, 0) is 13.0 Å². The van der Waals surface area contributed by atoms with Gasteiger partial charge in [-0.2, -0.15) is 0 Å². The lowest BCUT2D eigenvalue weighted by atomic mass is 9.94. The second-order valence-electron chi connectivity index (χ2n) is 3.78. The first-order valence-electron chi connectivity index (χ1n) is 3.98. The van der Waals surface area contributed by atoms with Gasteiger partial charge in [0.2, 0.25) is 0 Å². The molecule has 2 heteroatoms. The van der Waals surface area contributed by atoms with Crippen molar-refractivity contribution >= 4 is 11.3 Å². The Kier molecular flexibility index (Phi) is 1.55. The van der Waals surface area contributed by atoms with E-state index in [1.165, 1.54) is 12.0 Å². The van der Waals surface area contributed by atoms with E-state index < -0.39 is 0 Å². The van der Waals surface area contributed by atoms with Crippen LogP contribution in [-0.4, -0.2) is 5.54 Å². The highest BCUT2D eigenvalue weighted by atomic mass is 32.1. The first-order chi connectivity index (χ1) is 5.17. The van der Waals surface area contributed by atoms with E-state index >= 15 is 0 Å². The molecule has 0 amide bonds. The number of hydrogen-bond acceptors (Lipinski definition) is 2. The van der Waals surface area contributed by atoms with Crippen LogP contribution in [0, 0.1) is 0 Å². The van der Waals surface area contributed by atoms with E-state index in [4.69, 9.17) is 0 Å². The third-order valence-corrected chi connectivity index (χ3v) is 3.16. The van der Waals surface area contributed by atoms with Gasteiger partial charge in [0.25, 0.3) is 0 Å². The third kappa shape index (κ3) is 1.33. The number of thiophene rings is 1. The SMILES string of the molecule is CC1(C)Cc2sccc2CN1. The fraction of sp³-hybridized carbons (Fsp3) is 0.556. The molecular formula is C9H13NS. The molecule has 0 atom stereocenters. The number of rotatable bonds is 0. The Morgan fingerprint density at radius 3 is 3.18 bits per heavy atom. The van der Waals surface area contributed by atoms with Gasteiger partial charge in [-0.05, 0) is 37.3 Å². The Hall–Kier alpha value is -0.340. The van der Waals surface area contributed by atoms with Crippen molar-refractivity contribution in [3.8, 4) is 0 Å². The molecule has 1 nitrogen and oxygen atoms in total. The lowest BCUT2D eigenvalue weighted by Gasteiger charge is -2.30. The maximum absolute atomic E-state index is 3.51. The average Bonchev–Trinajstić information content (AvgIpc) is 2.31. The van der Waals surface area contributed by atoms with Crippen molar-refractivity contribution in [2.75, 3.05) is 0 Å². The lowest BCUT2D eigenvalue weighted by molar-refractivity contribution is 0.367. The Morgan fingerprint density at radius 1 is 1.55 bits per heavy atom. The molecule has 2 heterocycles. The summed E-state index contributed by atoms with van der Waals surface area (Å²) >= 11 is 1.89. The molecule has 1 N–H and O–H groups in total. The molecule has 0 saturated heterocycles. The van der Waals surface area contributed by atoms with E-state index in [1.54, 1.807) is 4.88 Å². The third-order valence-electron chi connectivity index (χ3n) is 2.20. The fourth-order valence-electron chi connectivity index (χ4n) is 1.48. The molecule has 0 aromatic carbocycles. The average molecular weight is 167 g/mol. The summed E-state index contributed by atoms with van der Waals surface area (Å²) in [6, 6.07) is 2.22. The highest BCUT2D eigenvalue weighted by Crippen LogP contribution is 2.26. The van der Waals surface area contributed by atoms with Crippen LogP contribution in [0.2, 0.25) is 0 Å². The zero-order chi connectivity index (χ0) is 7.90. The predicted molar refractivity (Wildman–Crippen MR) is 48.9 cm³/mol. The quantitative estimate of drug-likeness (QED) is 0.624. The molecule has 0 saturated carbocycles. The van der Waals surface area contributed by atoms with Crippen molar-refractivity contribution in [3.63, 3.8) is 0 Å². The molecule has 0 radical (unpaired) electrons. The van der Waals surface area contributed by atoms with Crippen molar-refractivity contribution < 1.29 is 0 Å². The summed E-state index contributed by atoms with van der Waals surface area (Å²) in [6.45, 7) is 5.57. The fourth-order valence-corrected chi connectivity index (χ4v) is 2.61. The summed E-state index contributed by atoms with van der Waals surface area (Å²) in [5.74, 6) is 0. The summed E-state index contributed by atoms with van der Waals surface area (Å²) in [5, 5.41) is 5.70. The molecule has 0 fully saturated rings. The van der Waals surface area contributed by atoms with Gasteiger partial charge in [-0.3, -0.25) is 0 Å². The molecule has 0 unspecified atom stereocenters. The second kappa shape index (κ2) is 2.32. The highest BCUT2D eigenvalue weighted by molar-refractivity contribution is 7.10. The summed E-state index contributed by atoms with van der Waals surface area (Å²) in [6.07, 6.45) is 1.18. The Bertz CT molecular complexity index is 262. The van der Waals surface area contributed by atoms with Crippen LogP contribution in [0.5, 0.6) is 0 Å². The molecule has 0 bridgehead atoms.